The molecule has 0 aliphatic heterocycles. The summed E-state index contributed by atoms with van der Waals surface area (Å²) in [5.74, 6) is 0. The first-order chi connectivity index (χ1) is 5.76. The zero-order valence-electron chi connectivity index (χ0n) is 7.62. The van der Waals surface area contributed by atoms with Crippen LogP contribution in [0.1, 0.15) is 6.92 Å². The fourth-order valence-electron chi connectivity index (χ4n) is 0.667. The maximum Gasteiger partial charge on any atom is 0.0626 e. The Bertz CT molecular complexity index is 245. The smallest absolute Gasteiger partial charge is 0.0626 e. The van der Waals surface area contributed by atoms with Crippen LogP contribution in [0.15, 0.2) is 46.6 Å². The summed E-state index contributed by atoms with van der Waals surface area (Å²) in [7, 11) is 1.71. The van der Waals surface area contributed by atoms with Crippen molar-refractivity contribution in [2.45, 2.75) is 6.92 Å². The number of allylic oxidation sites excluding steroid dienone is 2. The summed E-state index contributed by atoms with van der Waals surface area (Å²) in [4.78, 5) is 7.85. The molecule has 0 spiro atoms. The van der Waals surface area contributed by atoms with E-state index in [1.54, 1.807) is 25.6 Å². The Balaban J connectivity index is 4.55. The van der Waals surface area contributed by atoms with Crippen LogP contribution < -0.4 is 0 Å². The van der Waals surface area contributed by atoms with Gasteiger partial charge in [0.15, 0.2) is 0 Å². The molecule has 0 bridgehead atoms. The highest BCUT2D eigenvalue weighted by atomic mass is 14.7. The summed E-state index contributed by atoms with van der Waals surface area (Å²) < 4.78 is 0. The molecule has 0 fully saturated rings. The Labute approximate surface area is 73.7 Å². The van der Waals surface area contributed by atoms with Gasteiger partial charge in [0.2, 0.25) is 0 Å². The van der Waals surface area contributed by atoms with E-state index in [2.05, 4.69) is 23.1 Å². The Morgan fingerprint density at radius 1 is 1.42 bits per heavy atom. The summed E-state index contributed by atoms with van der Waals surface area (Å²) in [6, 6.07) is 0. The van der Waals surface area contributed by atoms with Crippen molar-refractivity contribution < 1.29 is 0 Å². The lowest BCUT2D eigenvalue weighted by molar-refractivity contribution is 1.37. The van der Waals surface area contributed by atoms with Gasteiger partial charge < -0.3 is 0 Å². The Morgan fingerprint density at radius 2 is 2.08 bits per heavy atom. The molecule has 12 heavy (non-hydrogen) atoms. The number of rotatable bonds is 4. The first kappa shape index (κ1) is 10.6. The molecular weight excluding hydrogens is 148 g/mol. The second-order valence-electron chi connectivity index (χ2n) is 2.07. The minimum atomic E-state index is 0.701. The second kappa shape index (κ2) is 6.28. The van der Waals surface area contributed by atoms with Gasteiger partial charge in [0, 0.05) is 25.0 Å². The molecule has 2 nitrogen and oxygen atoms in total. The van der Waals surface area contributed by atoms with Gasteiger partial charge in [-0.1, -0.05) is 19.2 Å². The van der Waals surface area contributed by atoms with Gasteiger partial charge >= 0.3 is 0 Å². The van der Waals surface area contributed by atoms with E-state index in [9.17, 15) is 0 Å². The highest BCUT2D eigenvalue weighted by Gasteiger charge is 1.92. The molecule has 0 saturated carbocycles. The van der Waals surface area contributed by atoms with Gasteiger partial charge in [-0.05, 0) is 13.0 Å². The molecule has 0 saturated heterocycles. The highest BCUT2D eigenvalue weighted by Crippen LogP contribution is 2.08. The second-order valence-corrected chi connectivity index (χ2v) is 2.07. The number of hydrogen-bond donors (Lipinski definition) is 0. The van der Waals surface area contributed by atoms with Gasteiger partial charge in [0.1, 0.15) is 0 Å². The highest BCUT2D eigenvalue weighted by molar-refractivity contribution is 5.75. The largest absolute Gasteiger partial charge is 0.296 e. The average molecular weight is 162 g/mol. The van der Waals surface area contributed by atoms with Crippen molar-refractivity contribution in [1.29, 1.82) is 0 Å². The third kappa shape index (κ3) is 3.66. The third-order valence-corrected chi connectivity index (χ3v) is 1.24. The summed E-state index contributed by atoms with van der Waals surface area (Å²) in [6.07, 6.45) is 6.91. The zero-order valence-corrected chi connectivity index (χ0v) is 7.62. The molecule has 0 aromatic rings. The summed E-state index contributed by atoms with van der Waals surface area (Å²) >= 11 is 0. The molecule has 0 heterocycles. The van der Waals surface area contributed by atoms with Crippen molar-refractivity contribution in [2.75, 3.05) is 7.05 Å². The van der Waals surface area contributed by atoms with Crippen LogP contribution in [0, 0.1) is 0 Å². The third-order valence-electron chi connectivity index (χ3n) is 1.24. The van der Waals surface area contributed by atoms with E-state index >= 15 is 0 Å². The first-order valence-corrected chi connectivity index (χ1v) is 3.69. The lowest BCUT2D eigenvalue weighted by Crippen LogP contribution is -1.82. The maximum atomic E-state index is 4.03. The molecular formula is C10H14N2. The molecule has 0 aliphatic rings. The number of hydrogen-bond acceptors (Lipinski definition) is 2. The first-order valence-electron chi connectivity index (χ1n) is 3.69. The van der Waals surface area contributed by atoms with Crippen molar-refractivity contribution in [2.24, 2.45) is 9.98 Å². The van der Waals surface area contributed by atoms with Crippen LogP contribution in [0.4, 0.5) is 0 Å². The standard InChI is InChI=1S/C10H14N2/c1-5-10(7-8-11-4)9(3)12-6-2/h5-8H,1,3H2,2,4H3/b10-7-,11-8-,12-6-. The fraction of sp³-hybridized carbons (Fsp3) is 0.200. The van der Waals surface area contributed by atoms with Gasteiger partial charge in [-0.25, -0.2) is 0 Å². The topological polar surface area (TPSA) is 24.7 Å². The minimum Gasteiger partial charge on any atom is -0.296 e. The zero-order chi connectivity index (χ0) is 9.40. The van der Waals surface area contributed by atoms with Crippen molar-refractivity contribution >= 4 is 12.4 Å². The Hall–Kier alpha value is -1.44. The lowest BCUT2D eigenvalue weighted by atomic mass is 10.2. The quantitative estimate of drug-likeness (QED) is 0.448. The van der Waals surface area contributed by atoms with Crippen molar-refractivity contribution in [3.05, 3.63) is 36.6 Å². The molecule has 0 atom stereocenters. The van der Waals surface area contributed by atoms with Gasteiger partial charge in [0.05, 0.1) is 5.70 Å². The molecule has 2 heteroatoms. The van der Waals surface area contributed by atoms with E-state index in [4.69, 9.17) is 0 Å². The van der Waals surface area contributed by atoms with Crippen LogP contribution in [0.2, 0.25) is 0 Å². The van der Waals surface area contributed by atoms with Gasteiger partial charge in [-0.15, -0.1) is 0 Å². The molecule has 0 unspecified atom stereocenters. The number of nitrogens with zero attached hydrogens (tertiary/aromatic N) is 2. The average Bonchev–Trinajstić information content (AvgIpc) is 2.06. The van der Waals surface area contributed by atoms with Gasteiger partial charge in [-0.2, -0.15) is 0 Å². The summed E-state index contributed by atoms with van der Waals surface area (Å²) in [6.45, 7) is 9.27. The van der Waals surface area contributed by atoms with Crippen LogP contribution in [0.5, 0.6) is 0 Å². The molecule has 0 radical (unpaired) electrons. The van der Waals surface area contributed by atoms with Crippen LogP contribution in [0.25, 0.3) is 0 Å². The fourth-order valence-corrected chi connectivity index (χ4v) is 0.667. The van der Waals surface area contributed by atoms with E-state index < -0.39 is 0 Å². The predicted octanol–water partition coefficient (Wildman–Crippen LogP) is 2.40. The van der Waals surface area contributed by atoms with E-state index in [1.807, 2.05) is 13.0 Å². The van der Waals surface area contributed by atoms with Crippen molar-refractivity contribution in [3.63, 3.8) is 0 Å². The Morgan fingerprint density at radius 3 is 2.50 bits per heavy atom. The maximum absolute atomic E-state index is 4.03. The molecule has 0 aromatic carbocycles. The molecule has 0 aliphatic carbocycles. The Kier molecular flexibility index (Phi) is 5.53. The van der Waals surface area contributed by atoms with Crippen LogP contribution in [-0.2, 0) is 0 Å². The summed E-state index contributed by atoms with van der Waals surface area (Å²) in [5, 5.41) is 0. The van der Waals surface area contributed by atoms with Crippen molar-refractivity contribution in [3.8, 4) is 0 Å². The monoisotopic (exact) mass is 162 g/mol. The van der Waals surface area contributed by atoms with E-state index in [0.29, 0.717) is 5.70 Å². The molecule has 0 N–H and O–H groups in total. The molecule has 0 rings (SSSR count). The van der Waals surface area contributed by atoms with Crippen LogP contribution in [-0.4, -0.2) is 19.5 Å². The van der Waals surface area contributed by atoms with Gasteiger partial charge in [0.25, 0.3) is 0 Å². The van der Waals surface area contributed by atoms with Crippen molar-refractivity contribution in [1.82, 2.24) is 0 Å². The molecule has 0 amide bonds. The van der Waals surface area contributed by atoms with E-state index in [-0.39, 0.29) is 0 Å². The van der Waals surface area contributed by atoms with E-state index in [0.717, 1.165) is 5.57 Å². The minimum absolute atomic E-state index is 0.701. The molecule has 0 aromatic heterocycles. The van der Waals surface area contributed by atoms with E-state index in [1.165, 1.54) is 0 Å². The lowest BCUT2D eigenvalue weighted by Gasteiger charge is -1.97. The number of aliphatic imine (C=N–C) groups is 2. The predicted molar refractivity (Wildman–Crippen MR) is 56.0 cm³/mol. The SMILES string of the molecule is C=C/C(=C/C=N\C)C(=C)/N=C\C. The normalized spacial score (nSPS) is 12.7. The summed E-state index contributed by atoms with van der Waals surface area (Å²) in [5.41, 5.74) is 1.59. The van der Waals surface area contributed by atoms with Crippen LogP contribution >= 0.6 is 0 Å². The molecule has 64 valence electrons. The van der Waals surface area contributed by atoms with Crippen LogP contribution in [0.3, 0.4) is 0 Å². The van der Waals surface area contributed by atoms with Gasteiger partial charge in [-0.3, -0.25) is 9.98 Å².